The van der Waals surface area contributed by atoms with Crippen molar-refractivity contribution in [2.45, 2.75) is 44.6 Å². The van der Waals surface area contributed by atoms with Gasteiger partial charge in [-0.25, -0.2) is 4.98 Å². The van der Waals surface area contributed by atoms with Crippen molar-refractivity contribution in [3.63, 3.8) is 0 Å². The van der Waals surface area contributed by atoms with E-state index in [1.165, 1.54) is 6.07 Å². The van der Waals surface area contributed by atoms with Gasteiger partial charge in [-0.15, -0.1) is 0 Å². The van der Waals surface area contributed by atoms with Crippen molar-refractivity contribution >= 4 is 10.9 Å². The molecule has 3 nitrogen and oxygen atoms in total. The molecule has 1 aromatic carbocycles. The lowest BCUT2D eigenvalue weighted by molar-refractivity contribution is -0.142. The Labute approximate surface area is 152 Å². The molecule has 0 saturated carbocycles. The second kappa shape index (κ2) is 8.43. The van der Waals surface area contributed by atoms with E-state index in [1.54, 1.807) is 0 Å². The minimum Gasteiger partial charge on any atom is -0.387 e. The molecule has 0 radical (unpaired) electrons. The summed E-state index contributed by atoms with van der Waals surface area (Å²) in [5.74, 6) is 0. The molecule has 2 rings (SSSR count). The van der Waals surface area contributed by atoms with Crippen LogP contribution in [0.15, 0.2) is 24.3 Å². The number of para-hydroxylation sites is 1. The van der Waals surface area contributed by atoms with Gasteiger partial charge >= 0.3 is 12.4 Å². The summed E-state index contributed by atoms with van der Waals surface area (Å²) in [6, 6.07) is 3.61. The second-order valence-electron chi connectivity index (χ2n) is 6.22. The topological polar surface area (TPSA) is 45.1 Å². The molecule has 1 atom stereocenters. The van der Waals surface area contributed by atoms with Crippen molar-refractivity contribution in [1.29, 1.82) is 0 Å². The van der Waals surface area contributed by atoms with Gasteiger partial charge in [0.2, 0.25) is 0 Å². The third-order valence-corrected chi connectivity index (χ3v) is 4.12. The van der Waals surface area contributed by atoms with Gasteiger partial charge in [-0.2, -0.15) is 26.3 Å². The molecule has 27 heavy (non-hydrogen) atoms. The lowest BCUT2D eigenvalue weighted by atomic mass is 9.99. The average molecular weight is 394 g/mol. The summed E-state index contributed by atoms with van der Waals surface area (Å²) in [6.07, 6.45) is -8.44. The standard InChI is InChI=1S/C18H20F6N2O/c1-2-3-4-8-25-10-14(27)12-9-15(18(22,23)24)26-16-11(12)6-5-7-13(16)17(19,20)21/h5-7,9,14,25,27H,2-4,8,10H2,1H3/t14-/m1/s1. The molecule has 0 aliphatic heterocycles. The first-order valence-corrected chi connectivity index (χ1v) is 8.52. The van der Waals surface area contributed by atoms with Gasteiger partial charge in [0.25, 0.3) is 0 Å². The van der Waals surface area contributed by atoms with Crippen LogP contribution in [0.3, 0.4) is 0 Å². The Kier molecular flexibility index (Phi) is 6.69. The maximum atomic E-state index is 13.2. The van der Waals surface area contributed by atoms with Crippen molar-refractivity contribution in [2.24, 2.45) is 0 Å². The third-order valence-electron chi connectivity index (χ3n) is 4.12. The van der Waals surface area contributed by atoms with E-state index in [0.29, 0.717) is 18.7 Å². The SMILES string of the molecule is CCCCCNC[C@@H](O)c1cc(C(F)(F)F)nc2c(C(F)(F)F)cccc12. The number of pyridine rings is 1. The summed E-state index contributed by atoms with van der Waals surface area (Å²) >= 11 is 0. The predicted molar refractivity (Wildman–Crippen MR) is 89.1 cm³/mol. The molecule has 0 saturated heterocycles. The minimum absolute atomic E-state index is 0.0730. The average Bonchev–Trinajstić information content (AvgIpc) is 2.58. The third kappa shape index (κ3) is 5.32. The van der Waals surface area contributed by atoms with Crippen LogP contribution in [0.1, 0.15) is 49.1 Å². The summed E-state index contributed by atoms with van der Waals surface area (Å²) in [6.45, 7) is 2.49. The predicted octanol–water partition coefficient (Wildman–Crippen LogP) is 5.09. The van der Waals surface area contributed by atoms with Gasteiger partial charge in [0.1, 0.15) is 5.69 Å². The van der Waals surface area contributed by atoms with Crippen LogP contribution < -0.4 is 5.32 Å². The van der Waals surface area contributed by atoms with Crippen LogP contribution in [-0.4, -0.2) is 23.2 Å². The van der Waals surface area contributed by atoms with Gasteiger partial charge in [0.15, 0.2) is 0 Å². The number of rotatable bonds is 7. The van der Waals surface area contributed by atoms with Crippen LogP contribution >= 0.6 is 0 Å². The Hall–Kier alpha value is -1.87. The zero-order valence-corrected chi connectivity index (χ0v) is 14.6. The molecular formula is C18H20F6N2O. The Balaban J connectivity index is 2.47. The van der Waals surface area contributed by atoms with Crippen molar-refractivity contribution in [3.05, 3.63) is 41.1 Å². The van der Waals surface area contributed by atoms with Gasteiger partial charge in [-0.05, 0) is 30.7 Å². The number of halogens is 6. The van der Waals surface area contributed by atoms with E-state index in [-0.39, 0.29) is 17.5 Å². The summed E-state index contributed by atoms with van der Waals surface area (Å²) < 4.78 is 79.0. The van der Waals surface area contributed by atoms with E-state index in [2.05, 4.69) is 10.3 Å². The largest absolute Gasteiger partial charge is 0.433 e. The van der Waals surface area contributed by atoms with Crippen LogP contribution in [-0.2, 0) is 12.4 Å². The number of unbranched alkanes of at least 4 members (excludes halogenated alkanes) is 2. The molecule has 2 N–H and O–H groups in total. The van der Waals surface area contributed by atoms with Crippen LogP contribution in [0.5, 0.6) is 0 Å². The highest BCUT2D eigenvalue weighted by molar-refractivity contribution is 5.86. The van der Waals surface area contributed by atoms with Crippen molar-refractivity contribution in [2.75, 3.05) is 13.1 Å². The smallest absolute Gasteiger partial charge is 0.387 e. The highest BCUT2D eigenvalue weighted by atomic mass is 19.4. The number of aliphatic hydroxyl groups is 1. The van der Waals surface area contributed by atoms with Gasteiger partial charge in [0, 0.05) is 11.9 Å². The maximum absolute atomic E-state index is 13.2. The summed E-state index contributed by atoms with van der Waals surface area (Å²) in [5.41, 5.74) is -3.79. The van der Waals surface area contributed by atoms with E-state index in [9.17, 15) is 31.4 Å². The van der Waals surface area contributed by atoms with Crippen LogP contribution in [0, 0.1) is 0 Å². The van der Waals surface area contributed by atoms with E-state index >= 15 is 0 Å². The molecule has 0 fully saturated rings. The Bertz CT molecular complexity index is 773. The van der Waals surface area contributed by atoms with Crippen LogP contribution in [0.2, 0.25) is 0 Å². The molecule has 0 spiro atoms. The first kappa shape index (κ1) is 21.4. The monoisotopic (exact) mass is 394 g/mol. The van der Waals surface area contributed by atoms with Crippen LogP contribution in [0.4, 0.5) is 26.3 Å². The molecule has 0 unspecified atom stereocenters. The fourth-order valence-electron chi connectivity index (χ4n) is 2.77. The first-order valence-electron chi connectivity index (χ1n) is 8.52. The normalized spacial score (nSPS) is 13.9. The summed E-state index contributed by atoms with van der Waals surface area (Å²) in [7, 11) is 0. The minimum atomic E-state index is -4.93. The van der Waals surface area contributed by atoms with E-state index in [0.717, 1.165) is 25.3 Å². The number of benzene rings is 1. The Morgan fingerprint density at radius 2 is 1.78 bits per heavy atom. The number of hydrogen-bond donors (Lipinski definition) is 2. The number of nitrogens with one attached hydrogen (secondary N) is 1. The van der Waals surface area contributed by atoms with Gasteiger partial charge in [-0.1, -0.05) is 31.9 Å². The molecule has 1 aromatic heterocycles. The molecule has 2 aromatic rings. The maximum Gasteiger partial charge on any atom is 0.433 e. The molecule has 0 bridgehead atoms. The Morgan fingerprint density at radius 1 is 1.07 bits per heavy atom. The molecule has 0 amide bonds. The fourth-order valence-corrected chi connectivity index (χ4v) is 2.77. The quantitative estimate of drug-likeness (QED) is 0.508. The van der Waals surface area contributed by atoms with E-state index in [4.69, 9.17) is 0 Å². The lowest BCUT2D eigenvalue weighted by Crippen LogP contribution is -2.23. The second-order valence-corrected chi connectivity index (χ2v) is 6.22. The zero-order chi connectivity index (χ0) is 20.2. The highest BCUT2D eigenvalue weighted by Crippen LogP contribution is 2.38. The van der Waals surface area contributed by atoms with Crippen molar-refractivity contribution < 1.29 is 31.4 Å². The van der Waals surface area contributed by atoms with Gasteiger partial charge in [0.05, 0.1) is 17.2 Å². The molecule has 0 aliphatic carbocycles. The van der Waals surface area contributed by atoms with E-state index in [1.807, 2.05) is 6.92 Å². The zero-order valence-electron chi connectivity index (χ0n) is 14.6. The molecular weight excluding hydrogens is 374 g/mol. The number of hydrogen-bond acceptors (Lipinski definition) is 3. The highest BCUT2D eigenvalue weighted by Gasteiger charge is 2.37. The van der Waals surface area contributed by atoms with E-state index < -0.39 is 35.2 Å². The molecule has 9 heteroatoms. The van der Waals surface area contributed by atoms with Gasteiger partial charge < -0.3 is 10.4 Å². The fraction of sp³-hybridized carbons (Fsp3) is 0.500. The number of aromatic nitrogens is 1. The first-order chi connectivity index (χ1) is 12.6. The number of fused-ring (bicyclic) bond motifs is 1. The number of nitrogens with zero attached hydrogens (tertiary/aromatic N) is 1. The number of aliphatic hydroxyl groups excluding tert-OH is 1. The molecule has 0 aliphatic rings. The Morgan fingerprint density at radius 3 is 2.37 bits per heavy atom. The molecule has 150 valence electrons. The summed E-state index contributed by atoms with van der Waals surface area (Å²) in [4.78, 5) is 3.20. The number of alkyl halides is 6. The summed E-state index contributed by atoms with van der Waals surface area (Å²) in [5, 5.41) is 13.1. The lowest BCUT2D eigenvalue weighted by Gasteiger charge is -2.19. The molecule has 1 heterocycles. The van der Waals surface area contributed by atoms with Crippen molar-refractivity contribution in [3.8, 4) is 0 Å². The van der Waals surface area contributed by atoms with Gasteiger partial charge in [-0.3, -0.25) is 0 Å². The van der Waals surface area contributed by atoms with Crippen LogP contribution in [0.25, 0.3) is 10.9 Å². The van der Waals surface area contributed by atoms with Crippen molar-refractivity contribution in [1.82, 2.24) is 10.3 Å².